The van der Waals surface area contributed by atoms with E-state index in [9.17, 15) is 9.59 Å². The highest BCUT2D eigenvalue weighted by Crippen LogP contribution is 2.32. The summed E-state index contributed by atoms with van der Waals surface area (Å²) in [6.07, 6.45) is 2.56. The summed E-state index contributed by atoms with van der Waals surface area (Å²) in [6, 6.07) is 9.01. The molecule has 2 heterocycles. The first-order chi connectivity index (χ1) is 12.1. The Kier molecular flexibility index (Phi) is 5.14. The van der Waals surface area contributed by atoms with Gasteiger partial charge in [-0.1, -0.05) is 30.3 Å². The van der Waals surface area contributed by atoms with Crippen LogP contribution in [0.25, 0.3) is 0 Å². The van der Waals surface area contributed by atoms with E-state index >= 15 is 0 Å². The molecule has 132 valence electrons. The summed E-state index contributed by atoms with van der Waals surface area (Å²) in [5, 5.41) is 2.83. The molecule has 2 unspecified atom stereocenters. The summed E-state index contributed by atoms with van der Waals surface area (Å²) in [5.41, 5.74) is 0.877. The first kappa shape index (κ1) is 17.2. The van der Waals surface area contributed by atoms with Gasteiger partial charge in [0.25, 0.3) is 5.91 Å². The number of benzene rings is 1. The van der Waals surface area contributed by atoms with Crippen LogP contribution in [0.2, 0.25) is 0 Å². The van der Waals surface area contributed by atoms with Crippen molar-refractivity contribution in [1.29, 1.82) is 0 Å². The molecule has 2 amide bonds. The maximum atomic E-state index is 12.7. The molecule has 2 N–H and O–H groups in total. The summed E-state index contributed by atoms with van der Waals surface area (Å²) < 4.78 is 5.64. The zero-order chi connectivity index (χ0) is 17.8. The van der Waals surface area contributed by atoms with Gasteiger partial charge in [0.1, 0.15) is 12.4 Å². The van der Waals surface area contributed by atoms with Crippen LogP contribution in [0.3, 0.4) is 0 Å². The molecule has 1 fully saturated rings. The van der Waals surface area contributed by atoms with Crippen molar-refractivity contribution in [3.05, 3.63) is 54.1 Å². The fourth-order valence-corrected chi connectivity index (χ4v) is 3.11. The molecule has 7 nitrogen and oxygen atoms in total. The normalized spacial score (nSPS) is 20.8. The van der Waals surface area contributed by atoms with E-state index in [1.54, 1.807) is 17.3 Å². The fourth-order valence-electron chi connectivity index (χ4n) is 3.11. The second-order valence-electron chi connectivity index (χ2n) is 6.24. The minimum Gasteiger partial charge on any atom is -0.356 e. The number of imidazole rings is 1. The highest BCUT2D eigenvalue weighted by Gasteiger charge is 2.42. The molecule has 0 radical (unpaired) electrons. The molecule has 2 aromatic rings. The number of morpholine rings is 1. The minimum atomic E-state index is -0.766. The Labute approximate surface area is 146 Å². The van der Waals surface area contributed by atoms with Crippen molar-refractivity contribution in [3.8, 4) is 0 Å². The third-order valence-corrected chi connectivity index (χ3v) is 4.20. The highest BCUT2D eigenvalue weighted by molar-refractivity contribution is 5.86. The third-order valence-electron chi connectivity index (χ3n) is 4.20. The van der Waals surface area contributed by atoms with Gasteiger partial charge in [0.2, 0.25) is 5.91 Å². The van der Waals surface area contributed by atoms with Crippen LogP contribution in [0.5, 0.6) is 0 Å². The molecule has 2 atom stereocenters. The second-order valence-corrected chi connectivity index (χ2v) is 6.24. The number of H-pyrrole nitrogens is 1. The lowest BCUT2D eigenvalue weighted by atomic mass is 9.96. The van der Waals surface area contributed by atoms with Gasteiger partial charge in [0.15, 0.2) is 6.10 Å². The lowest BCUT2D eigenvalue weighted by Gasteiger charge is -2.42. The molecule has 0 spiro atoms. The minimum absolute atomic E-state index is 0.0398. The van der Waals surface area contributed by atoms with E-state index < -0.39 is 12.1 Å². The molecule has 0 saturated carbocycles. The zero-order valence-electron chi connectivity index (χ0n) is 14.3. The predicted molar refractivity (Wildman–Crippen MR) is 91.3 cm³/mol. The van der Waals surface area contributed by atoms with Gasteiger partial charge in [-0.15, -0.1) is 0 Å². The summed E-state index contributed by atoms with van der Waals surface area (Å²) in [5.74, 6) is 0.291. The van der Waals surface area contributed by atoms with E-state index in [2.05, 4.69) is 15.3 Å². The number of ether oxygens (including phenoxy) is 1. The molecule has 25 heavy (non-hydrogen) atoms. The Bertz CT molecular complexity index is 715. The lowest BCUT2D eigenvalue weighted by Crippen LogP contribution is -2.56. The Morgan fingerprint density at radius 3 is 2.80 bits per heavy atom. The first-order valence-electron chi connectivity index (χ1n) is 8.31. The van der Waals surface area contributed by atoms with E-state index in [1.165, 1.54) is 0 Å². The molecule has 1 aliphatic heterocycles. The number of nitrogens with one attached hydrogen (secondary N) is 2. The van der Waals surface area contributed by atoms with E-state index in [-0.39, 0.29) is 31.0 Å². The maximum absolute atomic E-state index is 12.7. The van der Waals surface area contributed by atoms with E-state index in [1.807, 2.05) is 44.2 Å². The number of amides is 2. The van der Waals surface area contributed by atoms with Crippen molar-refractivity contribution >= 4 is 11.8 Å². The van der Waals surface area contributed by atoms with Gasteiger partial charge < -0.3 is 19.9 Å². The van der Waals surface area contributed by atoms with Gasteiger partial charge in [-0.25, -0.2) is 4.98 Å². The lowest BCUT2D eigenvalue weighted by molar-refractivity contribution is -0.167. The third kappa shape index (κ3) is 3.71. The number of carbonyl (C=O) groups is 2. The van der Waals surface area contributed by atoms with Crippen molar-refractivity contribution in [2.24, 2.45) is 0 Å². The first-order valence-corrected chi connectivity index (χ1v) is 8.31. The summed E-state index contributed by atoms with van der Waals surface area (Å²) in [4.78, 5) is 33.9. The van der Waals surface area contributed by atoms with Crippen molar-refractivity contribution in [2.45, 2.75) is 38.6 Å². The second kappa shape index (κ2) is 7.48. The molecule has 1 aliphatic rings. The van der Waals surface area contributed by atoms with Gasteiger partial charge in [-0.2, -0.15) is 0 Å². The van der Waals surface area contributed by atoms with Gasteiger partial charge >= 0.3 is 0 Å². The number of carbonyl (C=O) groups excluding carboxylic acids is 2. The van der Waals surface area contributed by atoms with Crippen LogP contribution in [0, 0.1) is 0 Å². The van der Waals surface area contributed by atoms with Crippen LogP contribution in [0.4, 0.5) is 0 Å². The van der Waals surface area contributed by atoms with Crippen LogP contribution in [0.15, 0.2) is 42.7 Å². The van der Waals surface area contributed by atoms with E-state index in [0.29, 0.717) is 5.82 Å². The number of rotatable bonds is 5. The van der Waals surface area contributed by atoms with Crippen molar-refractivity contribution in [1.82, 2.24) is 20.2 Å². The number of aromatic amines is 1. The summed E-state index contributed by atoms with van der Waals surface area (Å²) in [6.45, 7) is 4.07. The van der Waals surface area contributed by atoms with Crippen molar-refractivity contribution in [3.63, 3.8) is 0 Å². The Hall–Kier alpha value is -2.67. The smallest absolute Gasteiger partial charge is 0.252 e. The van der Waals surface area contributed by atoms with Gasteiger partial charge in [-0.3, -0.25) is 9.59 Å². The molecular formula is C18H22N4O3. The highest BCUT2D eigenvalue weighted by atomic mass is 16.5. The van der Waals surface area contributed by atoms with Gasteiger partial charge in [-0.05, 0) is 19.4 Å². The van der Waals surface area contributed by atoms with Gasteiger partial charge in [0, 0.05) is 18.4 Å². The largest absolute Gasteiger partial charge is 0.356 e. The molecule has 1 saturated heterocycles. The van der Waals surface area contributed by atoms with Crippen molar-refractivity contribution in [2.75, 3.05) is 6.61 Å². The standard InChI is InChI=1S/C18H22N4O3/c1-12(2)22-15(23)11-25-17(16(22)13-6-4-3-5-7-13)18(24)21-10-14-19-8-9-20-14/h3-9,12,16-17H,10-11H2,1-2H3,(H,19,20)(H,21,24). The van der Waals surface area contributed by atoms with Crippen molar-refractivity contribution < 1.29 is 14.3 Å². The van der Waals surface area contributed by atoms with Crippen LogP contribution >= 0.6 is 0 Å². The number of aromatic nitrogens is 2. The number of hydrogen-bond acceptors (Lipinski definition) is 4. The van der Waals surface area contributed by atoms with Gasteiger partial charge in [0.05, 0.1) is 12.6 Å². The Morgan fingerprint density at radius 1 is 1.40 bits per heavy atom. The molecule has 7 heteroatoms. The topological polar surface area (TPSA) is 87.3 Å². The average molecular weight is 342 g/mol. The molecule has 0 bridgehead atoms. The Morgan fingerprint density at radius 2 is 2.16 bits per heavy atom. The molecule has 3 rings (SSSR count). The fraction of sp³-hybridized carbons (Fsp3) is 0.389. The van der Waals surface area contributed by atoms with Crippen LogP contribution < -0.4 is 5.32 Å². The SMILES string of the molecule is CC(C)N1C(=O)COC(C(=O)NCc2ncc[nH]2)C1c1ccccc1. The number of nitrogens with zero attached hydrogens (tertiary/aromatic N) is 2. The quantitative estimate of drug-likeness (QED) is 0.860. The number of hydrogen-bond donors (Lipinski definition) is 2. The summed E-state index contributed by atoms with van der Waals surface area (Å²) in [7, 11) is 0. The maximum Gasteiger partial charge on any atom is 0.252 e. The monoisotopic (exact) mass is 342 g/mol. The summed E-state index contributed by atoms with van der Waals surface area (Å²) >= 11 is 0. The van der Waals surface area contributed by atoms with E-state index in [0.717, 1.165) is 5.56 Å². The van der Waals surface area contributed by atoms with Crippen LogP contribution in [-0.4, -0.2) is 45.4 Å². The predicted octanol–water partition coefficient (Wildman–Crippen LogP) is 1.40. The van der Waals surface area contributed by atoms with E-state index in [4.69, 9.17) is 4.74 Å². The molecular weight excluding hydrogens is 320 g/mol. The molecule has 0 aliphatic carbocycles. The van der Waals surface area contributed by atoms with Crippen LogP contribution in [-0.2, 0) is 20.9 Å². The average Bonchev–Trinajstić information content (AvgIpc) is 3.13. The molecule has 1 aromatic heterocycles. The van der Waals surface area contributed by atoms with Crippen LogP contribution in [0.1, 0.15) is 31.3 Å². The molecule has 1 aromatic carbocycles. The zero-order valence-corrected chi connectivity index (χ0v) is 14.3. The Balaban J connectivity index is 1.84.